The maximum absolute atomic E-state index is 12.1. The van der Waals surface area contributed by atoms with Gasteiger partial charge in [-0.1, -0.05) is 29.8 Å². The van der Waals surface area contributed by atoms with Crippen LogP contribution in [0.4, 0.5) is 13.2 Å². The second-order valence-electron chi connectivity index (χ2n) is 5.01. The predicted octanol–water partition coefficient (Wildman–Crippen LogP) is 2.39. The van der Waals surface area contributed by atoms with Crippen molar-refractivity contribution in [3.63, 3.8) is 0 Å². The zero-order chi connectivity index (χ0) is 16.2. The Balaban J connectivity index is 1.88. The molecular weight excluding hydrogens is 321 g/mol. The van der Waals surface area contributed by atoms with Gasteiger partial charge < -0.3 is 10.1 Å². The molecule has 1 aromatic rings. The molecule has 122 valence electrons. The summed E-state index contributed by atoms with van der Waals surface area (Å²) in [4.78, 5) is 13.3. The average Bonchev–Trinajstić information content (AvgIpc) is 2.45. The van der Waals surface area contributed by atoms with Crippen LogP contribution in [0.15, 0.2) is 24.3 Å². The van der Waals surface area contributed by atoms with Crippen molar-refractivity contribution in [1.29, 1.82) is 0 Å². The van der Waals surface area contributed by atoms with E-state index in [1.165, 1.54) is 0 Å². The Labute approximate surface area is 131 Å². The fourth-order valence-electron chi connectivity index (χ4n) is 2.23. The molecule has 1 aliphatic rings. The summed E-state index contributed by atoms with van der Waals surface area (Å²) in [5, 5.41) is 2.43. The normalized spacial score (nSPS) is 19.9. The van der Waals surface area contributed by atoms with Gasteiger partial charge in [0.2, 0.25) is 5.91 Å². The molecule has 0 spiro atoms. The molecule has 1 aliphatic heterocycles. The molecule has 0 bridgehead atoms. The minimum Gasteiger partial charge on any atom is -0.371 e. The van der Waals surface area contributed by atoms with Gasteiger partial charge in [0, 0.05) is 23.7 Å². The summed E-state index contributed by atoms with van der Waals surface area (Å²) in [7, 11) is 0. The highest BCUT2D eigenvalue weighted by Crippen LogP contribution is 2.28. The number of nitrogens with zero attached hydrogens (tertiary/aromatic N) is 1. The van der Waals surface area contributed by atoms with Crippen molar-refractivity contribution in [3.8, 4) is 0 Å². The molecule has 2 rings (SSSR count). The Morgan fingerprint density at radius 3 is 2.82 bits per heavy atom. The van der Waals surface area contributed by atoms with Gasteiger partial charge in [-0.15, -0.1) is 0 Å². The number of nitrogens with one attached hydrogen (secondary N) is 1. The highest BCUT2D eigenvalue weighted by Gasteiger charge is 2.29. The molecule has 1 unspecified atom stereocenters. The van der Waals surface area contributed by atoms with Crippen LogP contribution in [0.25, 0.3) is 0 Å². The van der Waals surface area contributed by atoms with Gasteiger partial charge in [0.25, 0.3) is 0 Å². The number of carbonyl (C=O) groups is 1. The van der Waals surface area contributed by atoms with E-state index in [1.807, 2.05) is 17.4 Å². The summed E-state index contributed by atoms with van der Waals surface area (Å²) >= 11 is 6.11. The first-order valence-corrected chi connectivity index (χ1v) is 7.15. The SMILES string of the molecule is O=C(CN1CCOC(c2ccccc2Cl)C1)NCC(F)(F)F. The maximum atomic E-state index is 12.1. The minimum absolute atomic E-state index is 0.0968. The molecule has 1 saturated heterocycles. The molecule has 8 heteroatoms. The second-order valence-corrected chi connectivity index (χ2v) is 5.42. The summed E-state index contributed by atoms with van der Waals surface area (Å²) < 4.78 is 41.8. The Morgan fingerprint density at radius 2 is 2.14 bits per heavy atom. The Hall–Kier alpha value is -1.31. The molecule has 1 heterocycles. The lowest BCUT2D eigenvalue weighted by atomic mass is 10.1. The summed E-state index contributed by atoms with van der Waals surface area (Å²) in [5.41, 5.74) is 0.810. The highest BCUT2D eigenvalue weighted by atomic mass is 35.5. The number of morpholine rings is 1. The molecule has 1 aromatic carbocycles. The van der Waals surface area contributed by atoms with Gasteiger partial charge in [-0.3, -0.25) is 9.69 Å². The lowest BCUT2D eigenvalue weighted by Crippen LogP contribution is -2.45. The van der Waals surface area contributed by atoms with Crippen molar-refractivity contribution in [2.45, 2.75) is 12.3 Å². The Bertz CT molecular complexity index is 525. The summed E-state index contributed by atoms with van der Waals surface area (Å²) in [6, 6.07) is 7.21. The van der Waals surface area contributed by atoms with Crippen molar-refractivity contribution < 1.29 is 22.7 Å². The van der Waals surface area contributed by atoms with Crippen molar-refractivity contribution in [3.05, 3.63) is 34.9 Å². The third-order valence-electron chi connectivity index (χ3n) is 3.26. The molecular formula is C14H16ClF3N2O2. The smallest absolute Gasteiger partial charge is 0.371 e. The molecule has 1 fully saturated rings. The van der Waals surface area contributed by atoms with Crippen molar-refractivity contribution in [2.75, 3.05) is 32.8 Å². The van der Waals surface area contributed by atoms with Gasteiger partial charge in [0.05, 0.1) is 19.3 Å². The van der Waals surface area contributed by atoms with E-state index in [2.05, 4.69) is 0 Å². The predicted molar refractivity (Wildman–Crippen MR) is 75.6 cm³/mol. The maximum Gasteiger partial charge on any atom is 0.405 e. The van der Waals surface area contributed by atoms with E-state index in [4.69, 9.17) is 16.3 Å². The Kier molecular flexibility index (Phi) is 5.66. The fraction of sp³-hybridized carbons (Fsp3) is 0.500. The third-order valence-corrected chi connectivity index (χ3v) is 3.60. The quantitative estimate of drug-likeness (QED) is 0.918. The zero-order valence-corrected chi connectivity index (χ0v) is 12.5. The van der Waals surface area contributed by atoms with Crippen LogP contribution in [0.2, 0.25) is 5.02 Å². The Morgan fingerprint density at radius 1 is 1.41 bits per heavy atom. The summed E-state index contributed by atoms with van der Waals surface area (Å²) in [6.07, 6.45) is -4.70. The van der Waals surface area contributed by atoms with Crippen LogP contribution in [0.5, 0.6) is 0 Å². The first-order chi connectivity index (χ1) is 10.3. The van der Waals surface area contributed by atoms with Gasteiger partial charge in [0.1, 0.15) is 6.54 Å². The van der Waals surface area contributed by atoms with Crippen LogP contribution >= 0.6 is 11.6 Å². The van der Waals surface area contributed by atoms with E-state index in [1.54, 1.807) is 17.0 Å². The van der Waals surface area contributed by atoms with E-state index in [9.17, 15) is 18.0 Å². The number of halogens is 4. The van der Waals surface area contributed by atoms with E-state index in [-0.39, 0.29) is 12.6 Å². The van der Waals surface area contributed by atoms with E-state index in [0.717, 1.165) is 5.56 Å². The first kappa shape index (κ1) is 17.1. The standard InChI is InChI=1S/C14H16ClF3N2O2/c15-11-4-2-1-3-10(11)12-7-20(5-6-22-12)8-13(21)19-9-14(16,17)18/h1-4,12H,5-9H2,(H,19,21). The number of benzene rings is 1. The molecule has 4 nitrogen and oxygen atoms in total. The number of rotatable bonds is 4. The topological polar surface area (TPSA) is 41.6 Å². The van der Waals surface area contributed by atoms with Crippen molar-refractivity contribution >= 4 is 17.5 Å². The lowest BCUT2D eigenvalue weighted by Gasteiger charge is -2.33. The van der Waals surface area contributed by atoms with Gasteiger partial charge >= 0.3 is 6.18 Å². The van der Waals surface area contributed by atoms with Crippen LogP contribution in [0.3, 0.4) is 0 Å². The van der Waals surface area contributed by atoms with E-state index in [0.29, 0.717) is 24.7 Å². The van der Waals surface area contributed by atoms with Gasteiger partial charge in [-0.2, -0.15) is 13.2 Å². The summed E-state index contributed by atoms with van der Waals surface area (Å²) in [6.45, 7) is -0.128. The van der Waals surface area contributed by atoms with Crippen molar-refractivity contribution in [2.24, 2.45) is 0 Å². The molecule has 0 aromatic heterocycles. The van der Waals surface area contributed by atoms with Crippen molar-refractivity contribution in [1.82, 2.24) is 10.2 Å². The van der Waals surface area contributed by atoms with Gasteiger partial charge in [0.15, 0.2) is 0 Å². The number of hydrogen-bond donors (Lipinski definition) is 1. The highest BCUT2D eigenvalue weighted by molar-refractivity contribution is 6.31. The monoisotopic (exact) mass is 336 g/mol. The van der Waals surface area contributed by atoms with Crippen LogP contribution in [0, 0.1) is 0 Å². The number of hydrogen-bond acceptors (Lipinski definition) is 3. The molecule has 1 N–H and O–H groups in total. The van der Waals surface area contributed by atoms with E-state index >= 15 is 0 Å². The minimum atomic E-state index is -4.40. The van der Waals surface area contributed by atoms with Crippen LogP contribution < -0.4 is 5.32 Å². The average molecular weight is 337 g/mol. The van der Waals surface area contributed by atoms with Crippen LogP contribution in [-0.4, -0.2) is 49.8 Å². The van der Waals surface area contributed by atoms with Gasteiger partial charge in [-0.05, 0) is 6.07 Å². The largest absolute Gasteiger partial charge is 0.405 e. The first-order valence-electron chi connectivity index (χ1n) is 6.77. The molecule has 0 radical (unpaired) electrons. The fourth-order valence-corrected chi connectivity index (χ4v) is 2.49. The zero-order valence-electron chi connectivity index (χ0n) is 11.7. The lowest BCUT2D eigenvalue weighted by molar-refractivity contribution is -0.140. The number of ether oxygens (including phenoxy) is 1. The third kappa shape index (κ3) is 5.15. The second kappa shape index (κ2) is 7.30. The molecule has 22 heavy (non-hydrogen) atoms. The molecule has 1 atom stereocenters. The number of carbonyl (C=O) groups excluding carboxylic acids is 1. The molecule has 1 amide bonds. The number of amides is 1. The van der Waals surface area contributed by atoms with Crippen LogP contribution in [-0.2, 0) is 9.53 Å². The summed E-state index contributed by atoms with van der Waals surface area (Å²) in [5.74, 6) is -0.655. The number of alkyl halides is 3. The molecule has 0 saturated carbocycles. The molecule has 0 aliphatic carbocycles. The van der Waals surface area contributed by atoms with Crippen LogP contribution in [0.1, 0.15) is 11.7 Å². The van der Waals surface area contributed by atoms with Gasteiger partial charge in [-0.25, -0.2) is 0 Å². The van der Waals surface area contributed by atoms with E-state index < -0.39 is 18.6 Å².